The van der Waals surface area contributed by atoms with Crippen LogP contribution in [0.3, 0.4) is 0 Å². The minimum Gasteiger partial charge on any atom is -0.355 e. The third kappa shape index (κ3) is 8.59. The highest BCUT2D eigenvalue weighted by Gasteiger charge is 2.13. The summed E-state index contributed by atoms with van der Waals surface area (Å²) in [5.41, 5.74) is 0. The Bertz CT molecular complexity index is 119. The third-order valence-electron chi connectivity index (χ3n) is 0.472. The van der Waals surface area contributed by atoms with Crippen LogP contribution in [0.4, 0.5) is 0 Å². The van der Waals surface area contributed by atoms with Gasteiger partial charge in [-0.15, -0.1) is 0 Å². The molecule has 0 amide bonds. The number of hydrogen-bond acceptors (Lipinski definition) is 2. The fourth-order valence-electron chi connectivity index (χ4n) is 0.200. The maximum Gasteiger partial charge on any atom is 0.351 e. The van der Waals surface area contributed by atoms with E-state index in [2.05, 4.69) is 20.7 Å². The summed E-state index contributed by atoms with van der Waals surface area (Å²) in [5.74, 6) is 0. The lowest BCUT2D eigenvalue weighted by Crippen LogP contribution is -2.00. The predicted molar refractivity (Wildman–Crippen MR) is 36.4 cm³/mol. The first-order valence-corrected chi connectivity index (χ1v) is 4.93. The van der Waals surface area contributed by atoms with Crippen molar-refractivity contribution in [3.8, 4) is 0 Å². The summed E-state index contributed by atoms with van der Waals surface area (Å²) < 4.78 is 14.6. The fourth-order valence-corrected chi connectivity index (χ4v) is 0.954. The van der Waals surface area contributed by atoms with Gasteiger partial charge in [0.2, 0.25) is 0 Å². The molecular weight excluding hydrogens is 211 g/mol. The molecule has 0 saturated heterocycles. The number of rotatable bonds is 3. The lowest BCUT2D eigenvalue weighted by Gasteiger charge is -2.05. The zero-order chi connectivity index (χ0) is 7.49. The fraction of sp³-hybridized carbons (Fsp3) is 1.00. The van der Waals surface area contributed by atoms with Gasteiger partial charge in [0, 0.05) is 0 Å². The summed E-state index contributed by atoms with van der Waals surface area (Å²) >= 11 is 2.96. The number of alkyl halides is 1. The van der Waals surface area contributed by atoms with Gasteiger partial charge in [-0.3, -0.25) is 4.57 Å². The van der Waals surface area contributed by atoms with Gasteiger partial charge in [-0.2, -0.15) is 0 Å². The van der Waals surface area contributed by atoms with Crippen LogP contribution in [0, 0.1) is 0 Å². The molecule has 1 unspecified atom stereocenters. The molecule has 0 spiro atoms. The maximum atomic E-state index is 10.1. The molecule has 0 saturated carbocycles. The summed E-state index contributed by atoms with van der Waals surface area (Å²) in [6, 6.07) is 0. The van der Waals surface area contributed by atoms with Crippen LogP contribution in [0.1, 0.15) is 6.92 Å². The van der Waals surface area contributed by atoms with E-state index >= 15 is 0 Å². The Morgan fingerprint density at radius 3 is 2.33 bits per heavy atom. The minimum absolute atomic E-state index is 0.315. The van der Waals surface area contributed by atoms with E-state index in [4.69, 9.17) is 9.79 Å². The van der Waals surface area contributed by atoms with E-state index < -0.39 is 13.9 Å². The van der Waals surface area contributed by atoms with Gasteiger partial charge in [-0.25, -0.2) is 0 Å². The van der Waals surface area contributed by atoms with Crippen molar-refractivity contribution in [1.29, 1.82) is 0 Å². The van der Waals surface area contributed by atoms with Crippen LogP contribution in [0.2, 0.25) is 0 Å². The molecule has 1 atom stereocenters. The van der Waals surface area contributed by atoms with Crippen molar-refractivity contribution in [2.75, 3.05) is 6.35 Å². The zero-order valence-corrected chi connectivity index (χ0v) is 7.30. The lowest BCUT2D eigenvalue weighted by molar-refractivity contribution is 0.152. The predicted octanol–water partition coefficient (Wildman–Crippen LogP) is 0.879. The van der Waals surface area contributed by atoms with Crippen molar-refractivity contribution >= 4 is 23.5 Å². The van der Waals surface area contributed by atoms with Gasteiger partial charge < -0.3 is 14.5 Å². The summed E-state index contributed by atoms with van der Waals surface area (Å²) in [7, 11) is -3.97. The Labute approximate surface area is 61.5 Å². The molecule has 0 bridgehead atoms. The van der Waals surface area contributed by atoms with Gasteiger partial charge in [0.1, 0.15) is 11.4 Å². The van der Waals surface area contributed by atoms with E-state index in [0.717, 1.165) is 0 Å². The molecular formula is C3H8BrO4P. The molecule has 0 aliphatic rings. The second-order valence-corrected chi connectivity index (χ2v) is 4.38. The molecule has 56 valence electrons. The van der Waals surface area contributed by atoms with Gasteiger partial charge >= 0.3 is 7.60 Å². The van der Waals surface area contributed by atoms with Crippen molar-refractivity contribution in [1.82, 2.24) is 0 Å². The molecule has 0 heterocycles. The van der Waals surface area contributed by atoms with Crippen LogP contribution in [0.25, 0.3) is 0 Å². The smallest absolute Gasteiger partial charge is 0.351 e. The van der Waals surface area contributed by atoms with Crippen LogP contribution < -0.4 is 0 Å². The third-order valence-corrected chi connectivity index (χ3v) is 1.22. The van der Waals surface area contributed by atoms with E-state index in [9.17, 15) is 4.57 Å². The Balaban J connectivity index is 3.40. The minimum atomic E-state index is -3.97. The molecule has 9 heavy (non-hydrogen) atoms. The van der Waals surface area contributed by atoms with Crippen molar-refractivity contribution in [2.24, 2.45) is 0 Å². The first-order chi connectivity index (χ1) is 3.92. The molecule has 0 aromatic heterocycles. The van der Waals surface area contributed by atoms with Crippen molar-refractivity contribution in [2.45, 2.75) is 11.9 Å². The van der Waals surface area contributed by atoms with Gasteiger partial charge in [0.25, 0.3) is 0 Å². The monoisotopic (exact) mass is 218 g/mol. The second kappa shape index (κ2) is 3.68. The first-order valence-electron chi connectivity index (χ1n) is 2.22. The van der Waals surface area contributed by atoms with Crippen molar-refractivity contribution in [3.63, 3.8) is 0 Å². The van der Waals surface area contributed by atoms with Gasteiger partial charge in [0.15, 0.2) is 0 Å². The first kappa shape index (κ1) is 9.59. The number of halogens is 1. The Morgan fingerprint density at radius 1 is 1.78 bits per heavy atom. The molecule has 0 aliphatic heterocycles. The van der Waals surface area contributed by atoms with Crippen LogP contribution in [-0.2, 0) is 9.30 Å². The second-order valence-electron chi connectivity index (χ2n) is 1.50. The van der Waals surface area contributed by atoms with Crippen LogP contribution >= 0.6 is 23.5 Å². The molecule has 6 heteroatoms. The quantitative estimate of drug-likeness (QED) is 0.546. The van der Waals surface area contributed by atoms with E-state index in [1.54, 1.807) is 6.92 Å². The highest BCUT2D eigenvalue weighted by molar-refractivity contribution is 9.09. The molecule has 0 rings (SSSR count). The number of ether oxygens (including phenoxy) is 1. The topological polar surface area (TPSA) is 66.8 Å². The maximum absolute atomic E-state index is 10.1. The average Bonchev–Trinajstić information content (AvgIpc) is 1.59. The highest BCUT2D eigenvalue weighted by atomic mass is 79.9. The molecule has 0 aliphatic carbocycles. The summed E-state index contributed by atoms with van der Waals surface area (Å²) in [6.07, 6.45) is -0.528. The Kier molecular flexibility index (Phi) is 3.93. The Hall–Kier alpha value is 0.590. The molecule has 0 aromatic carbocycles. The Morgan fingerprint density at radius 2 is 2.22 bits per heavy atom. The van der Waals surface area contributed by atoms with Gasteiger partial charge in [0.05, 0.1) is 0 Å². The molecule has 0 fully saturated rings. The largest absolute Gasteiger partial charge is 0.355 e. The van der Waals surface area contributed by atoms with Crippen LogP contribution in [0.5, 0.6) is 0 Å². The molecule has 0 radical (unpaired) electrons. The lowest BCUT2D eigenvalue weighted by atomic mass is 10.9. The van der Waals surface area contributed by atoms with E-state index in [0.29, 0.717) is 0 Å². The van der Waals surface area contributed by atoms with Crippen molar-refractivity contribution < 1.29 is 19.1 Å². The zero-order valence-electron chi connectivity index (χ0n) is 4.82. The van der Waals surface area contributed by atoms with Gasteiger partial charge in [-0.1, -0.05) is 15.9 Å². The van der Waals surface area contributed by atoms with Crippen molar-refractivity contribution in [3.05, 3.63) is 0 Å². The highest BCUT2D eigenvalue weighted by Crippen LogP contribution is 2.34. The van der Waals surface area contributed by atoms with Crippen LogP contribution in [0.15, 0.2) is 0 Å². The summed E-state index contributed by atoms with van der Waals surface area (Å²) in [5, 5.41) is -0.315. The van der Waals surface area contributed by atoms with Gasteiger partial charge in [-0.05, 0) is 6.92 Å². The molecule has 2 N–H and O–H groups in total. The summed E-state index contributed by atoms with van der Waals surface area (Å²) in [6.45, 7) is 1.63. The van der Waals surface area contributed by atoms with E-state index in [1.807, 2.05) is 0 Å². The summed E-state index contributed by atoms with van der Waals surface area (Å²) in [4.78, 5) is 16.5. The molecule has 4 nitrogen and oxygen atoms in total. The average molecular weight is 219 g/mol. The van der Waals surface area contributed by atoms with E-state index in [-0.39, 0.29) is 5.01 Å². The van der Waals surface area contributed by atoms with Crippen LogP contribution in [-0.4, -0.2) is 21.1 Å². The number of hydrogen-bond donors (Lipinski definition) is 2. The SMILES string of the molecule is CC(Br)OCP(=O)(O)O. The van der Waals surface area contributed by atoms with E-state index in [1.165, 1.54) is 0 Å². The normalized spacial score (nSPS) is 15.6. The molecule has 0 aromatic rings. The standard InChI is InChI=1S/C3H8BrO4P/c1-3(4)8-2-9(5,6)7/h3H,2H2,1H3,(H2,5,6,7).